The lowest BCUT2D eigenvalue weighted by Gasteiger charge is -2.40. The van der Waals surface area contributed by atoms with E-state index in [-0.39, 0.29) is 25.2 Å². The number of amides is 1. The highest BCUT2D eigenvalue weighted by atomic mass is 19.1. The van der Waals surface area contributed by atoms with E-state index < -0.39 is 29.1 Å². The third-order valence-electron chi connectivity index (χ3n) is 8.80. The van der Waals surface area contributed by atoms with E-state index in [1.165, 1.54) is 0 Å². The van der Waals surface area contributed by atoms with Crippen molar-refractivity contribution in [3.05, 3.63) is 65.4 Å². The summed E-state index contributed by atoms with van der Waals surface area (Å²) in [4.78, 5) is 21.9. The quantitative estimate of drug-likeness (QED) is 0.221. The van der Waals surface area contributed by atoms with Crippen LogP contribution in [0.4, 0.5) is 13.2 Å². The lowest BCUT2D eigenvalue weighted by atomic mass is 9.73. The lowest BCUT2D eigenvalue weighted by Crippen LogP contribution is -2.49. The van der Waals surface area contributed by atoms with Crippen molar-refractivity contribution in [2.45, 2.75) is 38.4 Å². The Kier molecular flexibility index (Phi) is 10.6. The number of ether oxygens (including phenoxy) is 3. The molecule has 2 aromatic carbocycles. The molecule has 1 amide bonds. The first-order valence-corrected chi connectivity index (χ1v) is 15.0. The summed E-state index contributed by atoms with van der Waals surface area (Å²) in [6.45, 7) is 4.98. The molecule has 2 aliphatic heterocycles. The number of piperidine rings is 1. The van der Waals surface area contributed by atoms with Crippen LogP contribution in [0.1, 0.15) is 43.0 Å². The number of hydroxylamine groups is 1. The first-order valence-electron chi connectivity index (χ1n) is 15.0. The van der Waals surface area contributed by atoms with Crippen molar-refractivity contribution in [2.75, 3.05) is 59.7 Å². The molecule has 2 N–H and O–H groups in total. The van der Waals surface area contributed by atoms with E-state index in [1.807, 2.05) is 17.6 Å². The molecule has 3 heterocycles. The van der Waals surface area contributed by atoms with Crippen molar-refractivity contribution >= 4 is 16.8 Å². The Hall–Kier alpha value is -3.45. The second-order valence-electron chi connectivity index (χ2n) is 11.5. The number of fused-ring (bicyclic) bond motifs is 1. The number of pyridine rings is 1. The fraction of sp³-hybridized carbons (Fsp3) is 0.500. The zero-order valence-electron chi connectivity index (χ0n) is 24.9. The molecule has 1 atom stereocenters. The maximum atomic E-state index is 16.5. The van der Waals surface area contributed by atoms with Crippen molar-refractivity contribution < 1.29 is 37.4 Å². The van der Waals surface area contributed by atoms with Crippen LogP contribution in [-0.2, 0) is 16.1 Å². The number of likely N-dealkylation sites (tertiary alicyclic amines) is 1. The molecule has 44 heavy (non-hydrogen) atoms. The van der Waals surface area contributed by atoms with Crippen LogP contribution in [0.5, 0.6) is 11.5 Å². The second kappa shape index (κ2) is 14.6. The lowest BCUT2D eigenvalue weighted by molar-refractivity contribution is -0.143. The van der Waals surface area contributed by atoms with E-state index in [1.54, 1.807) is 19.4 Å². The summed E-state index contributed by atoms with van der Waals surface area (Å²) in [7, 11) is 1.57. The first-order chi connectivity index (χ1) is 21.3. The molecule has 2 aliphatic rings. The number of halogens is 3. The molecular formula is C32H39F3N4O5. The molecule has 2 fully saturated rings. The van der Waals surface area contributed by atoms with Crippen molar-refractivity contribution in [1.82, 2.24) is 20.3 Å². The Bertz CT molecular complexity index is 1410. The number of carbonyl (C=O) groups is 1. The standard InChI is InChI=1S/C32H39F3N4O5/c1-42-25-2-3-29-27(19-25)30(22(20-36-29)21-39-10-13-43-14-11-39)28(35)4-5-32(31(40)37-41)6-8-38(9-7-32)12-15-44-26-17-23(33)16-24(34)18-26/h2-3,16-20,28,41H,4-15,21H2,1H3,(H,37,40)/t28-/m1/s1. The summed E-state index contributed by atoms with van der Waals surface area (Å²) in [5, 5.41) is 10.3. The number of methoxy groups -OCH3 is 1. The minimum Gasteiger partial charge on any atom is -0.497 e. The van der Waals surface area contributed by atoms with E-state index >= 15 is 4.39 Å². The average Bonchev–Trinajstić information content (AvgIpc) is 3.03. The van der Waals surface area contributed by atoms with Crippen LogP contribution >= 0.6 is 0 Å². The van der Waals surface area contributed by atoms with E-state index in [2.05, 4.69) is 14.8 Å². The van der Waals surface area contributed by atoms with Crippen molar-refractivity contribution in [1.29, 1.82) is 0 Å². The third kappa shape index (κ3) is 7.60. The molecule has 0 bridgehead atoms. The molecule has 9 nitrogen and oxygen atoms in total. The first kappa shape index (κ1) is 32.0. The summed E-state index contributed by atoms with van der Waals surface area (Å²) >= 11 is 0. The Morgan fingerprint density at radius 1 is 1.07 bits per heavy atom. The number of carbonyl (C=O) groups excluding carboxylic acids is 1. The number of aromatic nitrogens is 1. The second-order valence-corrected chi connectivity index (χ2v) is 11.5. The average molecular weight is 617 g/mol. The number of nitrogens with zero attached hydrogens (tertiary/aromatic N) is 3. The van der Waals surface area contributed by atoms with E-state index in [0.717, 1.165) is 36.9 Å². The van der Waals surface area contributed by atoms with Crippen molar-refractivity contribution in [3.8, 4) is 11.5 Å². The van der Waals surface area contributed by atoms with Crippen LogP contribution in [0.15, 0.2) is 42.6 Å². The third-order valence-corrected chi connectivity index (χ3v) is 8.80. The predicted octanol–water partition coefficient (Wildman–Crippen LogP) is 4.81. The number of hydrogen-bond donors (Lipinski definition) is 2. The van der Waals surface area contributed by atoms with Gasteiger partial charge in [-0.25, -0.2) is 18.7 Å². The van der Waals surface area contributed by atoms with Gasteiger partial charge < -0.3 is 14.2 Å². The Morgan fingerprint density at radius 3 is 2.48 bits per heavy atom. The van der Waals surface area contributed by atoms with Gasteiger partial charge in [0.15, 0.2) is 0 Å². The summed E-state index contributed by atoms with van der Waals surface area (Å²) in [6, 6.07) is 8.44. The SMILES string of the molecule is COc1ccc2ncc(CN3CCOCC3)c([C@H](F)CCC3(C(=O)NO)CCN(CCOc4cc(F)cc(F)c4)CC3)c2c1. The van der Waals surface area contributed by atoms with Gasteiger partial charge in [0.05, 0.1) is 31.3 Å². The minimum absolute atomic E-state index is 0.0775. The molecule has 238 valence electrons. The maximum Gasteiger partial charge on any atom is 0.249 e. The Morgan fingerprint density at radius 2 is 1.80 bits per heavy atom. The fourth-order valence-corrected chi connectivity index (χ4v) is 6.22. The van der Waals surface area contributed by atoms with Gasteiger partial charge in [0.25, 0.3) is 0 Å². The van der Waals surface area contributed by atoms with Crippen LogP contribution in [-0.4, -0.2) is 85.6 Å². The highest BCUT2D eigenvalue weighted by Gasteiger charge is 2.41. The van der Waals surface area contributed by atoms with E-state index in [9.17, 15) is 18.8 Å². The Balaban J connectivity index is 1.27. The summed E-state index contributed by atoms with van der Waals surface area (Å²) in [5.74, 6) is -1.24. The molecule has 0 spiro atoms. The van der Waals surface area contributed by atoms with Gasteiger partial charge in [0, 0.05) is 61.5 Å². The molecule has 3 aromatic rings. The minimum atomic E-state index is -1.38. The van der Waals surface area contributed by atoms with Gasteiger partial charge in [-0.3, -0.25) is 24.8 Å². The molecular weight excluding hydrogens is 577 g/mol. The highest BCUT2D eigenvalue weighted by Crippen LogP contribution is 2.41. The van der Waals surface area contributed by atoms with Gasteiger partial charge >= 0.3 is 0 Å². The Labute approximate surface area is 254 Å². The summed E-state index contributed by atoms with van der Waals surface area (Å²) in [6.07, 6.45) is 1.48. The van der Waals surface area contributed by atoms with Crippen molar-refractivity contribution in [2.24, 2.45) is 5.41 Å². The molecule has 0 saturated carbocycles. The zero-order valence-corrected chi connectivity index (χ0v) is 24.9. The number of hydrogen-bond acceptors (Lipinski definition) is 8. The summed E-state index contributed by atoms with van der Waals surface area (Å²) < 4.78 is 59.8. The highest BCUT2D eigenvalue weighted by molar-refractivity contribution is 5.85. The van der Waals surface area contributed by atoms with Gasteiger partial charge in [-0.2, -0.15) is 0 Å². The van der Waals surface area contributed by atoms with Gasteiger partial charge in [0.1, 0.15) is 35.9 Å². The molecule has 12 heteroatoms. The van der Waals surface area contributed by atoms with Crippen LogP contribution in [0.3, 0.4) is 0 Å². The molecule has 2 saturated heterocycles. The fourth-order valence-electron chi connectivity index (χ4n) is 6.22. The predicted molar refractivity (Wildman–Crippen MR) is 157 cm³/mol. The smallest absolute Gasteiger partial charge is 0.249 e. The number of morpholine rings is 1. The zero-order chi connectivity index (χ0) is 31.1. The van der Waals surface area contributed by atoms with Gasteiger partial charge in [0.2, 0.25) is 5.91 Å². The normalized spacial score (nSPS) is 18.2. The molecule has 0 radical (unpaired) electrons. The van der Waals surface area contributed by atoms with Crippen molar-refractivity contribution in [3.63, 3.8) is 0 Å². The number of nitrogens with one attached hydrogen (secondary N) is 1. The van der Waals surface area contributed by atoms with Crippen LogP contribution < -0.4 is 15.0 Å². The molecule has 0 unspecified atom stereocenters. The van der Waals surface area contributed by atoms with E-state index in [4.69, 9.17) is 14.2 Å². The van der Waals surface area contributed by atoms with Gasteiger partial charge in [-0.15, -0.1) is 0 Å². The van der Waals surface area contributed by atoms with Gasteiger partial charge in [-0.1, -0.05) is 0 Å². The number of alkyl halides is 1. The topological polar surface area (TPSA) is 96.4 Å². The number of benzene rings is 2. The molecule has 0 aliphatic carbocycles. The monoisotopic (exact) mass is 616 g/mol. The largest absolute Gasteiger partial charge is 0.497 e. The van der Waals surface area contributed by atoms with Crippen LogP contribution in [0.25, 0.3) is 10.9 Å². The molecule has 5 rings (SSSR count). The summed E-state index contributed by atoms with van der Waals surface area (Å²) in [5.41, 5.74) is 2.86. The number of rotatable bonds is 12. The molecule has 1 aromatic heterocycles. The van der Waals surface area contributed by atoms with Crippen LogP contribution in [0.2, 0.25) is 0 Å². The van der Waals surface area contributed by atoms with Gasteiger partial charge in [-0.05, 0) is 62.5 Å². The maximum absolute atomic E-state index is 16.5. The van der Waals surface area contributed by atoms with E-state index in [0.29, 0.717) is 74.5 Å². The van der Waals surface area contributed by atoms with Crippen LogP contribution in [0, 0.1) is 17.0 Å².